The number of furan rings is 1. The molecule has 0 unspecified atom stereocenters. The molecule has 0 aliphatic heterocycles. The van der Waals surface area contributed by atoms with Crippen molar-refractivity contribution >= 4 is 39.3 Å². The maximum atomic E-state index is 12.2. The number of benzene rings is 1. The van der Waals surface area contributed by atoms with Crippen LogP contribution in [0.1, 0.15) is 5.56 Å². The highest BCUT2D eigenvalue weighted by atomic mass is 79.9. The Hall–Kier alpha value is -2.06. The van der Waals surface area contributed by atoms with E-state index in [0.29, 0.717) is 16.7 Å². The Kier molecular flexibility index (Phi) is 5.06. The van der Waals surface area contributed by atoms with Crippen LogP contribution in [0.4, 0.5) is 5.69 Å². The Balaban J connectivity index is 1.62. The van der Waals surface area contributed by atoms with Gasteiger partial charge in [0.2, 0.25) is 5.91 Å². The summed E-state index contributed by atoms with van der Waals surface area (Å²) in [5.41, 5.74) is 1.81. The van der Waals surface area contributed by atoms with Gasteiger partial charge in [-0.1, -0.05) is 27.7 Å². The first-order valence-corrected chi connectivity index (χ1v) is 8.94. The maximum Gasteiger partial charge on any atom is 0.234 e. The molecule has 0 fully saturated rings. The molecule has 1 amide bonds. The zero-order chi connectivity index (χ0) is 17.1. The fraction of sp³-hybridized carbons (Fsp3) is 0.188. The highest BCUT2D eigenvalue weighted by Gasteiger charge is 2.14. The molecule has 2 aromatic heterocycles. The molecule has 0 bridgehead atoms. The monoisotopic (exact) mass is 406 g/mol. The van der Waals surface area contributed by atoms with Crippen molar-refractivity contribution in [2.45, 2.75) is 12.1 Å². The predicted octanol–water partition coefficient (Wildman–Crippen LogP) is 3.88. The number of carbonyl (C=O) groups excluding carboxylic acids is 1. The number of anilines is 1. The quantitative estimate of drug-likeness (QED) is 0.650. The second-order valence-corrected chi connectivity index (χ2v) is 7.00. The molecule has 8 heteroatoms. The van der Waals surface area contributed by atoms with Crippen molar-refractivity contribution in [2.24, 2.45) is 7.05 Å². The Morgan fingerprint density at radius 2 is 2.21 bits per heavy atom. The fourth-order valence-electron chi connectivity index (χ4n) is 2.14. The average Bonchev–Trinajstić information content (AvgIpc) is 3.18. The van der Waals surface area contributed by atoms with Crippen LogP contribution in [0.25, 0.3) is 11.6 Å². The molecule has 0 spiro atoms. The number of rotatable bonds is 5. The van der Waals surface area contributed by atoms with Crippen LogP contribution in [0, 0.1) is 6.92 Å². The van der Waals surface area contributed by atoms with Crippen LogP contribution < -0.4 is 5.32 Å². The molecule has 2 heterocycles. The number of hydrogen-bond donors (Lipinski definition) is 1. The van der Waals surface area contributed by atoms with Gasteiger partial charge >= 0.3 is 0 Å². The molecule has 0 atom stereocenters. The van der Waals surface area contributed by atoms with Gasteiger partial charge in [-0.3, -0.25) is 4.79 Å². The molecule has 0 aliphatic rings. The minimum atomic E-state index is -0.0898. The standard InChI is InChI=1S/C16H15BrN4O2S/c1-10-8-11(17)5-6-12(10)18-14(22)9-24-16-20-19-15(21(16)2)13-4-3-7-23-13/h3-8H,9H2,1-2H3,(H,18,22). The van der Waals surface area contributed by atoms with E-state index in [4.69, 9.17) is 4.42 Å². The van der Waals surface area contributed by atoms with Gasteiger partial charge in [0, 0.05) is 17.2 Å². The van der Waals surface area contributed by atoms with E-state index < -0.39 is 0 Å². The molecule has 0 radical (unpaired) electrons. The topological polar surface area (TPSA) is 73.0 Å². The van der Waals surface area contributed by atoms with Gasteiger partial charge in [-0.15, -0.1) is 10.2 Å². The van der Waals surface area contributed by atoms with Crippen molar-refractivity contribution in [1.29, 1.82) is 0 Å². The van der Waals surface area contributed by atoms with Crippen molar-refractivity contribution in [2.75, 3.05) is 11.1 Å². The van der Waals surface area contributed by atoms with Gasteiger partial charge in [-0.25, -0.2) is 0 Å². The van der Waals surface area contributed by atoms with Crippen molar-refractivity contribution in [3.05, 3.63) is 46.6 Å². The van der Waals surface area contributed by atoms with Crippen LogP contribution in [-0.4, -0.2) is 26.4 Å². The van der Waals surface area contributed by atoms with Gasteiger partial charge in [0.25, 0.3) is 0 Å². The van der Waals surface area contributed by atoms with Gasteiger partial charge in [-0.2, -0.15) is 0 Å². The van der Waals surface area contributed by atoms with Crippen LogP contribution in [0.2, 0.25) is 0 Å². The number of nitrogens with zero attached hydrogens (tertiary/aromatic N) is 3. The molecule has 1 N–H and O–H groups in total. The summed E-state index contributed by atoms with van der Waals surface area (Å²) in [5, 5.41) is 11.8. The number of amides is 1. The Bertz CT molecular complexity index is 861. The number of nitrogens with one attached hydrogen (secondary N) is 1. The summed E-state index contributed by atoms with van der Waals surface area (Å²) in [6, 6.07) is 9.35. The summed E-state index contributed by atoms with van der Waals surface area (Å²) in [6.45, 7) is 1.95. The molecule has 6 nitrogen and oxygen atoms in total. The first-order chi connectivity index (χ1) is 11.5. The molecule has 0 saturated carbocycles. The summed E-state index contributed by atoms with van der Waals surface area (Å²) < 4.78 is 8.12. The molecule has 3 aromatic rings. The van der Waals surface area contributed by atoms with E-state index in [1.807, 2.05) is 42.8 Å². The lowest BCUT2D eigenvalue weighted by Gasteiger charge is -2.08. The van der Waals surface area contributed by atoms with Crippen LogP contribution in [0.15, 0.2) is 50.6 Å². The van der Waals surface area contributed by atoms with E-state index in [-0.39, 0.29) is 11.7 Å². The number of thioether (sulfide) groups is 1. The lowest BCUT2D eigenvalue weighted by molar-refractivity contribution is -0.113. The maximum absolute atomic E-state index is 12.2. The third-order valence-electron chi connectivity index (χ3n) is 3.37. The molecule has 24 heavy (non-hydrogen) atoms. The second-order valence-electron chi connectivity index (χ2n) is 5.14. The van der Waals surface area contributed by atoms with E-state index in [2.05, 4.69) is 31.4 Å². The van der Waals surface area contributed by atoms with E-state index >= 15 is 0 Å². The predicted molar refractivity (Wildman–Crippen MR) is 96.9 cm³/mol. The summed E-state index contributed by atoms with van der Waals surface area (Å²) in [7, 11) is 1.84. The third-order valence-corrected chi connectivity index (χ3v) is 4.88. The molecular formula is C16H15BrN4O2S. The number of aryl methyl sites for hydroxylation is 1. The number of halogens is 1. The van der Waals surface area contributed by atoms with Gasteiger partial charge in [0.1, 0.15) is 0 Å². The normalized spacial score (nSPS) is 10.8. The van der Waals surface area contributed by atoms with Crippen molar-refractivity contribution in [3.63, 3.8) is 0 Å². The largest absolute Gasteiger partial charge is 0.461 e. The van der Waals surface area contributed by atoms with Gasteiger partial charge in [-0.05, 0) is 42.8 Å². The summed E-state index contributed by atoms with van der Waals surface area (Å²) in [4.78, 5) is 12.2. The van der Waals surface area contributed by atoms with Crippen molar-refractivity contribution in [1.82, 2.24) is 14.8 Å². The SMILES string of the molecule is Cc1cc(Br)ccc1NC(=O)CSc1nnc(-c2ccco2)n1C. The first kappa shape index (κ1) is 16.8. The van der Waals surface area contributed by atoms with Gasteiger partial charge in [0.15, 0.2) is 16.7 Å². The van der Waals surface area contributed by atoms with Crippen molar-refractivity contribution < 1.29 is 9.21 Å². The second kappa shape index (κ2) is 7.23. The molecule has 0 aliphatic carbocycles. The lowest BCUT2D eigenvalue weighted by Crippen LogP contribution is -2.15. The minimum absolute atomic E-state index is 0.0898. The highest BCUT2D eigenvalue weighted by molar-refractivity contribution is 9.10. The molecule has 3 rings (SSSR count). The highest BCUT2D eigenvalue weighted by Crippen LogP contribution is 2.24. The third kappa shape index (κ3) is 3.70. The van der Waals surface area contributed by atoms with E-state index in [1.165, 1.54) is 11.8 Å². The summed E-state index contributed by atoms with van der Waals surface area (Å²) in [6.07, 6.45) is 1.59. The Morgan fingerprint density at radius 3 is 2.92 bits per heavy atom. The Labute approximate surface area is 151 Å². The van der Waals surface area contributed by atoms with E-state index in [9.17, 15) is 4.79 Å². The van der Waals surface area contributed by atoms with Crippen molar-refractivity contribution in [3.8, 4) is 11.6 Å². The van der Waals surface area contributed by atoms with Gasteiger partial charge in [0.05, 0.1) is 12.0 Å². The zero-order valence-electron chi connectivity index (χ0n) is 13.1. The van der Waals surface area contributed by atoms with E-state index in [1.54, 1.807) is 12.3 Å². The average molecular weight is 407 g/mol. The molecular weight excluding hydrogens is 392 g/mol. The van der Waals surface area contributed by atoms with Crippen LogP contribution in [0.3, 0.4) is 0 Å². The Morgan fingerprint density at radius 1 is 1.38 bits per heavy atom. The number of carbonyl (C=O) groups is 1. The zero-order valence-corrected chi connectivity index (χ0v) is 15.5. The lowest BCUT2D eigenvalue weighted by atomic mass is 10.2. The fourth-order valence-corrected chi connectivity index (χ4v) is 3.33. The summed E-state index contributed by atoms with van der Waals surface area (Å²) in [5.74, 6) is 1.44. The van der Waals surface area contributed by atoms with E-state index in [0.717, 1.165) is 15.7 Å². The first-order valence-electron chi connectivity index (χ1n) is 7.16. The number of aromatic nitrogens is 3. The smallest absolute Gasteiger partial charge is 0.234 e. The van der Waals surface area contributed by atoms with Crippen LogP contribution >= 0.6 is 27.7 Å². The molecule has 0 saturated heterocycles. The molecule has 1 aromatic carbocycles. The van der Waals surface area contributed by atoms with Gasteiger partial charge < -0.3 is 14.3 Å². The van der Waals surface area contributed by atoms with Crippen LogP contribution in [0.5, 0.6) is 0 Å². The minimum Gasteiger partial charge on any atom is -0.461 e. The van der Waals surface area contributed by atoms with Crippen LogP contribution in [-0.2, 0) is 11.8 Å². The summed E-state index contributed by atoms with van der Waals surface area (Å²) >= 11 is 4.74. The molecule has 124 valence electrons. The number of hydrogen-bond acceptors (Lipinski definition) is 5.